The van der Waals surface area contributed by atoms with Gasteiger partial charge in [0.1, 0.15) is 5.01 Å². The van der Waals surface area contributed by atoms with Gasteiger partial charge in [0.25, 0.3) is 0 Å². The minimum atomic E-state index is -0.165. The Hall–Kier alpha value is -2.59. The second-order valence-corrected chi connectivity index (χ2v) is 9.91. The highest BCUT2D eigenvalue weighted by Crippen LogP contribution is 2.31. The average molecular weight is 489 g/mol. The van der Waals surface area contributed by atoms with E-state index in [-0.39, 0.29) is 18.2 Å². The van der Waals surface area contributed by atoms with Crippen molar-refractivity contribution in [2.45, 2.75) is 19.9 Å². The number of carbonyl (C=O) groups is 2. The molecule has 0 saturated carbocycles. The average Bonchev–Trinajstić information content (AvgIpc) is 3.47. The van der Waals surface area contributed by atoms with Crippen LogP contribution in [0.15, 0.2) is 47.2 Å². The summed E-state index contributed by atoms with van der Waals surface area (Å²) in [5.74, 6) is -0.227. The number of halogens is 1. The van der Waals surface area contributed by atoms with Crippen molar-refractivity contribution in [3.63, 3.8) is 0 Å². The lowest BCUT2D eigenvalue weighted by atomic mass is 10.2. The van der Waals surface area contributed by atoms with Gasteiger partial charge in [-0.1, -0.05) is 23.7 Å². The quantitative estimate of drug-likeness (QED) is 0.361. The summed E-state index contributed by atoms with van der Waals surface area (Å²) in [4.78, 5) is 34.6. The molecule has 3 aromatic heterocycles. The molecule has 0 atom stereocenters. The van der Waals surface area contributed by atoms with Crippen molar-refractivity contribution in [3.05, 3.63) is 62.8 Å². The predicted octanol–water partition coefficient (Wildman–Crippen LogP) is 5.47. The summed E-state index contributed by atoms with van der Waals surface area (Å²) >= 11 is 10.5. The summed E-state index contributed by atoms with van der Waals surface area (Å²) < 4.78 is 0. The Morgan fingerprint density at radius 2 is 1.97 bits per heavy atom. The van der Waals surface area contributed by atoms with Crippen LogP contribution in [0, 0.1) is 0 Å². The van der Waals surface area contributed by atoms with E-state index in [1.54, 1.807) is 11.3 Å². The molecule has 2 amide bonds. The highest BCUT2D eigenvalue weighted by atomic mass is 35.5. The summed E-state index contributed by atoms with van der Waals surface area (Å²) in [5, 5.41) is 11.4. The number of hydrogen-bond acceptors (Lipinski definition) is 7. The van der Waals surface area contributed by atoms with Crippen molar-refractivity contribution in [1.82, 2.24) is 15.3 Å². The Balaban J connectivity index is 1.36. The zero-order valence-corrected chi connectivity index (χ0v) is 19.6. The van der Waals surface area contributed by atoms with Crippen molar-refractivity contribution >= 4 is 62.6 Å². The molecule has 0 spiro atoms. The van der Waals surface area contributed by atoms with Gasteiger partial charge in [-0.2, -0.15) is 0 Å². The Morgan fingerprint density at radius 1 is 1.10 bits per heavy atom. The number of aromatic nitrogens is 2. The lowest BCUT2D eigenvalue weighted by molar-refractivity contribution is -0.119. The molecule has 6 nitrogen and oxygen atoms in total. The maximum Gasteiger partial charge on any atom is 0.232 e. The highest BCUT2D eigenvalue weighted by Gasteiger charge is 2.13. The molecular weight excluding hydrogens is 472 g/mol. The Bertz CT molecular complexity index is 1230. The summed E-state index contributed by atoms with van der Waals surface area (Å²) in [6.45, 7) is 1.99. The van der Waals surface area contributed by atoms with Gasteiger partial charge in [0.05, 0.1) is 29.2 Å². The SMILES string of the molecule is CC(=O)NCc1ccc(-c2csc(NC(=O)Cc3csc(-c4cccc(Cl)c4)n3)n2)s1. The lowest BCUT2D eigenvalue weighted by Gasteiger charge is -1.99. The van der Waals surface area contributed by atoms with Crippen molar-refractivity contribution < 1.29 is 9.59 Å². The minimum Gasteiger partial charge on any atom is -0.351 e. The van der Waals surface area contributed by atoms with Gasteiger partial charge in [-0.25, -0.2) is 9.97 Å². The van der Waals surface area contributed by atoms with E-state index < -0.39 is 0 Å². The van der Waals surface area contributed by atoms with Crippen molar-refractivity contribution in [1.29, 1.82) is 0 Å². The van der Waals surface area contributed by atoms with Crippen LogP contribution in [0.1, 0.15) is 17.5 Å². The van der Waals surface area contributed by atoms with E-state index in [1.165, 1.54) is 29.6 Å². The van der Waals surface area contributed by atoms with Crippen LogP contribution in [0.2, 0.25) is 5.02 Å². The van der Waals surface area contributed by atoms with Crippen LogP contribution >= 0.6 is 45.6 Å². The highest BCUT2D eigenvalue weighted by molar-refractivity contribution is 7.17. The first kappa shape index (κ1) is 21.6. The van der Waals surface area contributed by atoms with E-state index in [0.29, 0.717) is 22.4 Å². The first-order chi connectivity index (χ1) is 15.0. The predicted molar refractivity (Wildman–Crippen MR) is 128 cm³/mol. The number of carbonyl (C=O) groups excluding carboxylic acids is 2. The van der Waals surface area contributed by atoms with Crippen LogP contribution in [-0.2, 0) is 22.6 Å². The molecule has 3 heterocycles. The largest absolute Gasteiger partial charge is 0.351 e. The van der Waals surface area contributed by atoms with Crippen LogP contribution < -0.4 is 10.6 Å². The third kappa shape index (κ3) is 5.76. The van der Waals surface area contributed by atoms with Gasteiger partial charge in [-0.3, -0.25) is 9.59 Å². The number of hydrogen-bond donors (Lipinski definition) is 2. The standard InChI is InChI=1S/C21H17ClN4O2S3/c1-12(27)23-9-16-5-6-18(31-16)17-11-30-21(25-17)26-19(28)8-15-10-29-20(24-15)13-3-2-4-14(22)7-13/h2-7,10-11H,8-9H2,1H3,(H,23,27)(H,25,26,28). The van der Waals surface area contributed by atoms with Gasteiger partial charge >= 0.3 is 0 Å². The molecule has 10 heteroatoms. The molecule has 0 fully saturated rings. The molecule has 2 N–H and O–H groups in total. The third-order valence-corrected chi connectivity index (χ3v) is 7.18. The molecule has 0 unspecified atom stereocenters. The number of anilines is 1. The molecule has 0 aliphatic heterocycles. The number of rotatable bonds is 7. The number of amides is 2. The first-order valence-electron chi connectivity index (χ1n) is 9.25. The van der Waals surface area contributed by atoms with E-state index in [2.05, 4.69) is 20.6 Å². The second-order valence-electron chi connectivity index (χ2n) is 6.59. The number of thiazole rings is 2. The lowest BCUT2D eigenvalue weighted by Crippen LogP contribution is -2.17. The smallest absolute Gasteiger partial charge is 0.232 e. The molecule has 31 heavy (non-hydrogen) atoms. The number of nitrogens with one attached hydrogen (secondary N) is 2. The van der Waals surface area contributed by atoms with Crippen LogP contribution in [0.4, 0.5) is 5.13 Å². The molecule has 158 valence electrons. The molecule has 0 radical (unpaired) electrons. The van der Waals surface area contributed by atoms with Gasteiger partial charge < -0.3 is 10.6 Å². The normalized spacial score (nSPS) is 10.8. The second kappa shape index (κ2) is 9.69. The molecule has 0 bridgehead atoms. The van der Waals surface area contributed by atoms with Gasteiger partial charge in [-0.05, 0) is 24.3 Å². The van der Waals surface area contributed by atoms with Crippen LogP contribution in [0.3, 0.4) is 0 Å². The zero-order chi connectivity index (χ0) is 21.8. The Kier molecular flexibility index (Phi) is 6.77. The fourth-order valence-corrected chi connectivity index (χ4v) is 5.45. The van der Waals surface area contributed by atoms with Crippen LogP contribution in [0.25, 0.3) is 21.1 Å². The zero-order valence-electron chi connectivity index (χ0n) is 16.3. The maximum absolute atomic E-state index is 12.4. The topological polar surface area (TPSA) is 84.0 Å². The Labute approximate surface area is 196 Å². The summed E-state index contributed by atoms with van der Waals surface area (Å²) in [5.41, 5.74) is 2.44. The van der Waals surface area contributed by atoms with E-state index in [9.17, 15) is 9.59 Å². The molecule has 0 saturated heterocycles. The van der Waals surface area contributed by atoms with Crippen molar-refractivity contribution in [3.8, 4) is 21.1 Å². The van der Waals surface area contributed by atoms with E-state index in [0.717, 1.165) is 26.0 Å². The van der Waals surface area contributed by atoms with Gasteiger partial charge in [-0.15, -0.1) is 34.0 Å². The van der Waals surface area contributed by atoms with Crippen molar-refractivity contribution in [2.24, 2.45) is 0 Å². The molecular formula is C21H17ClN4O2S3. The molecule has 1 aromatic carbocycles. The summed E-state index contributed by atoms with van der Waals surface area (Å²) in [6.07, 6.45) is 0.172. The van der Waals surface area contributed by atoms with Gasteiger partial charge in [0, 0.05) is 33.1 Å². The molecule has 0 aliphatic rings. The fourth-order valence-electron chi connectivity index (χ4n) is 2.74. The monoisotopic (exact) mass is 488 g/mol. The van der Waals surface area contributed by atoms with Crippen LogP contribution in [-0.4, -0.2) is 21.8 Å². The maximum atomic E-state index is 12.4. The van der Waals surface area contributed by atoms with Gasteiger partial charge in [0.15, 0.2) is 5.13 Å². The van der Waals surface area contributed by atoms with Crippen LogP contribution in [0.5, 0.6) is 0 Å². The number of nitrogens with zero attached hydrogens (tertiary/aromatic N) is 2. The molecule has 4 aromatic rings. The fraction of sp³-hybridized carbons (Fsp3) is 0.143. The Morgan fingerprint density at radius 3 is 2.77 bits per heavy atom. The van der Waals surface area contributed by atoms with E-state index in [4.69, 9.17) is 11.6 Å². The molecule has 4 rings (SSSR count). The van der Waals surface area contributed by atoms with Crippen molar-refractivity contribution in [2.75, 3.05) is 5.32 Å². The third-order valence-electron chi connectivity index (χ3n) is 4.14. The number of benzene rings is 1. The molecule has 0 aliphatic carbocycles. The van der Waals surface area contributed by atoms with E-state index in [1.807, 2.05) is 47.2 Å². The van der Waals surface area contributed by atoms with E-state index >= 15 is 0 Å². The number of thiophene rings is 1. The van der Waals surface area contributed by atoms with Gasteiger partial charge in [0.2, 0.25) is 11.8 Å². The summed E-state index contributed by atoms with van der Waals surface area (Å²) in [7, 11) is 0. The summed E-state index contributed by atoms with van der Waals surface area (Å²) in [6, 6.07) is 11.4. The first-order valence-corrected chi connectivity index (χ1v) is 12.2. The minimum absolute atomic E-state index is 0.0617.